The van der Waals surface area contributed by atoms with E-state index < -0.39 is 5.97 Å². The molecule has 4 nitrogen and oxygen atoms in total. The molecule has 0 aromatic heterocycles. The monoisotopic (exact) mass is 418 g/mol. The summed E-state index contributed by atoms with van der Waals surface area (Å²) < 4.78 is 11.4. The normalized spacial score (nSPS) is 10.4. The lowest BCUT2D eigenvalue weighted by molar-refractivity contribution is 0.0465. The molecule has 0 bridgehead atoms. The van der Waals surface area contributed by atoms with Crippen LogP contribution in [0.5, 0.6) is 0 Å². The van der Waals surface area contributed by atoms with E-state index in [2.05, 4.69) is 22.9 Å². The van der Waals surface area contributed by atoms with Crippen LogP contribution in [-0.2, 0) is 16.1 Å². The summed E-state index contributed by atoms with van der Waals surface area (Å²) in [5, 5.41) is 0. The summed E-state index contributed by atoms with van der Waals surface area (Å²) in [6.07, 6.45) is 4.23. The first-order valence-corrected chi connectivity index (χ1v) is 9.59. The summed E-state index contributed by atoms with van der Waals surface area (Å²) in [5.41, 5.74) is 1.73. The van der Waals surface area contributed by atoms with Crippen molar-refractivity contribution >= 4 is 27.9 Å². The number of ether oxygens (including phenoxy) is 2. The van der Waals surface area contributed by atoms with Crippen molar-refractivity contribution in [3.05, 3.63) is 69.7 Å². The van der Waals surface area contributed by atoms with Crippen LogP contribution in [0.1, 0.15) is 58.9 Å². The Morgan fingerprint density at radius 2 is 1.46 bits per heavy atom. The second-order valence-electron chi connectivity index (χ2n) is 5.94. The minimum Gasteiger partial charge on any atom is -0.462 e. The fourth-order valence-corrected chi connectivity index (χ4v) is 2.76. The number of esters is 2. The Bertz CT molecular complexity index is 725. The molecular weight excluding hydrogens is 396 g/mol. The number of benzene rings is 2. The maximum Gasteiger partial charge on any atom is 0.338 e. The highest BCUT2D eigenvalue weighted by Crippen LogP contribution is 2.17. The highest BCUT2D eigenvalue weighted by atomic mass is 79.9. The van der Waals surface area contributed by atoms with Crippen LogP contribution in [-0.4, -0.2) is 18.5 Å². The molecule has 2 rings (SSSR count). The predicted octanol–water partition coefficient (Wildman–Crippen LogP) is 5.54. The third-order valence-electron chi connectivity index (χ3n) is 3.90. The lowest BCUT2D eigenvalue weighted by atomic mass is 10.1. The predicted molar refractivity (Wildman–Crippen MR) is 104 cm³/mol. The third kappa shape index (κ3) is 6.30. The van der Waals surface area contributed by atoms with Crippen molar-refractivity contribution in [2.45, 2.75) is 39.2 Å². The molecule has 0 heterocycles. The number of carbonyl (C=O) groups is 2. The standard InChI is InChI=1S/C21H23BrO4/c1-2-3-4-7-14-25-20(23)16-10-12-17(13-11-16)21(24)26-15-18-8-5-6-9-19(18)22/h5-6,8-13H,2-4,7,14-15H2,1H3. The minimum atomic E-state index is -0.430. The zero-order chi connectivity index (χ0) is 18.8. The molecule has 138 valence electrons. The first-order valence-electron chi connectivity index (χ1n) is 8.79. The van der Waals surface area contributed by atoms with E-state index in [-0.39, 0.29) is 12.6 Å². The topological polar surface area (TPSA) is 52.6 Å². The second kappa shape index (κ2) is 10.8. The van der Waals surface area contributed by atoms with E-state index in [1.165, 1.54) is 0 Å². The molecule has 0 atom stereocenters. The molecule has 0 spiro atoms. The van der Waals surface area contributed by atoms with Crippen LogP contribution in [0.4, 0.5) is 0 Å². The first-order chi connectivity index (χ1) is 12.6. The maximum atomic E-state index is 12.1. The van der Waals surface area contributed by atoms with E-state index in [9.17, 15) is 9.59 Å². The first kappa shape index (κ1) is 20.2. The number of hydrogen-bond donors (Lipinski definition) is 0. The Balaban J connectivity index is 1.83. The van der Waals surface area contributed by atoms with Crippen LogP contribution in [0, 0.1) is 0 Å². The van der Waals surface area contributed by atoms with Gasteiger partial charge in [0, 0.05) is 10.0 Å². The van der Waals surface area contributed by atoms with Crippen LogP contribution >= 0.6 is 15.9 Å². The molecule has 2 aromatic carbocycles. The molecule has 0 amide bonds. The number of carbonyl (C=O) groups excluding carboxylic acids is 2. The number of hydrogen-bond acceptors (Lipinski definition) is 4. The van der Waals surface area contributed by atoms with Gasteiger partial charge >= 0.3 is 11.9 Å². The molecular formula is C21H23BrO4. The quantitative estimate of drug-likeness (QED) is 0.396. The maximum absolute atomic E-state index is 12.1. The van der Waals surface area contributed by atoms with Crippen LogP contribution in [0.2, 0.25) is 0 Å². The van der Waals surface area contributed by atoms with E-state index >= 15 is 0 Å². The summed E-state index contributed by atoms with van der Waals surface area (Å²) in [6, 6.07) is 13.9. The smallest absolute Gasteiger partial charge is 0.338 e. The SMILES string of the molecule is CCCCCCOC(=O)c1ccc(C(=O)OCc2ccccc2Br)cc1. The number of rotatable bonds is 9. The Hall–Kier alpha value is -2.14. The van der Waals surface area contributed by atoms with Crippen molar-refractivity contribution < 1.29 is 19.1 Å². The summed E-state index contributed by atoms with van der Waals surface area (Å²) in [7, 11) is 0. The van der Waals surface area contributed by atoms with Crippen LogP contribution in [0.15, 0.2) is 53.0 Å². The molecule has 0 aliphatic carbocycles. The van der Waals surface area contributed by atoms with Crippen molar-refractivity contribution in [1.29, 1.82) is 0 Å². The molecule has 2 aromatic rings. The van der Waals surface area contributed by atoms with Gasteiger partial charge in [0.05, 0.1) is 17.7 Å². The van der Waals surface area contributed by atoms with Crippen LogP contribution in [0.3, 0.4) is 0 Å². The largest absolute Gasteiger partial charge is 0.462 e. The molecule has 0 radical (unpaired) electrons. The van der Waals surface area contributed by atoms with Gasteiger partial charge in [0.1, 0.15) is 6.61 Å². The van der Waals surface area contributed by atoms with Gasteiger partial charge in [-0.1, -0.05) is 60.3 Å². The van der Waals surface area contributed by atoms with Crippen LogP contribution < -0.4 is 0 Å². The van der Waals surface area contributed by atoms with Gasteiger partial charge in [-0.05, 0) is 36.8 Å². The highest BCUT2D eigenvalue weighted by molar-refractivity contribution is 9.10. The Morgan fingerprint density at radius 3 is 2.08 bits per heavy atom. The molecule has 0 saturated heterocycles. The summed E-state index contributed by atoms with van der Waals surface area (Å²) in [4.78, 5) is 24.1. The molecule has 0 aliphatic rings. The van der Waals surface area contributed by atoms with E-state index in [4.69, 9.17) is 9.47 Å². The summed E-state index contributed by atoms with van der Waals surface area (Å²) in [5.74, 6) is -0.796. The second-order valence-corrected chi connectivity index (χ2v) is 6.80. The molecule has 0 unspecified atom stereocenters. The lowest BCUT2D eigenvalue weighted by Gasteiger charge is -2.08. The van der Waals surface area contributed by atoms with E-state index in [0.717, 1.165) is 35.7 Å². The number of halogens is 1. The van der Waals surface area contributed by atoms with Gasteiger partial charge in [-0.2, -0.15) is 0 Å². The minimum absolute atomic E-state index is 0.182. The van der Waals surface area contributed by atoms with E-state index in [0.29, 0.717) is 17.7 Å². The van der Waals surface area contributed by atoms with Gasteiger partial charge < -0.3 is 9.47 Å². The van der Waals surface area contributed by atoms with Crippen molar-refractivity contribution in [2.75, 3.05) is 6.61 Å². The van der Waals surface area contributed by atoms with E-state index in [1.54, 1.807) is 24.3 Å². The van der Waals surface area contributed by atoms with Crippen molar-refractivity contribution in [3.63, 3.8) is 0 Å². The van der Waals surface area contributed by atoms with Crippen molar-refractivity contribution in [3.8, 4) is 0 Å². The highest BCUT2D eigenvalue weighted by Gasteiger charge is 2.11. The molecule has 26 heavy (non-hydrogen) atoms. The van der Waals surface area contributed by atoms with Crippen molar-refractivity contribution in [1.82, 2.24) is 0 Å². The summed E-state index contributed by atoms with van der Waals surface area (Å²) in [6.45, 7) is 2.74. The Kier molecular flexibility index (Phi) is 8.35. The van der Waals surface area contributed by atoms with Gasteiger partial charge in [-0.3, -0.25) is 0 Å². The average Bonchev–Trinajstić information content (AvgIpc) is 2.67. The zero-order valence-corrected chi connectivity index (χ0v) is 16.5. The van der Waals surface area contributed by atoms with Gasteiger partial charge in [-0.25, -0.2) is 9.59 Å². The van der Waals surface area contributed by atoms with Gasteiger partial charge in [0.2, 0.25) is 0 Å². The fourth-order valence-electron chi connectivity index (χ4n) is 2.36. The lowest BCUT2D eigenvalue weighted by Crippen LogP contribution is -2.08. The van der Waals surface area contributed by atoms with E-state index in [1.807, 2.05) is 24.3 Å². The fraction of sp³-hybridized carbons (Fsp3) is 0.333. The molecule has 0 aliphatic heterocycles. The van der Waals surface area contributed by atoms with Crippen molar-refractivity contribution in [2.24, 2.45) is 0 Å². The van der Waals surface area contributed by atoms with Gasteiger partial charge in [-0.15, -0.1) is 0 Å². The zero-order valence-electron chi connectivity index (χ0n) is 14.9. The van der Waals surface area contributed by atoms with Crippen LogP contribution in [0.25, 0.3) is 0 Å². The third-order valence-corrected chi connectivity index (χ3v) is 4.68. The number of unbranched alkanes of at least 4 members (excludes halogenated alkanes) is 3. The van der Waals surface area contributed by atoms with Gasteiger partial charge in [0.25, 0.3) is 0 Å². The molecule has 0 saturated carbocycles. The van der Waals surface area contributed by atoms with Gasteiger partial charge in [0.15, 0.2) is 0 Å². The molecule has 5 heteroatoms. The molecule has 0 fully saturated rings. The average molecular weight is 419 g/mol. The Labute approximate surface area is 162 Å². The molecule has 0 N–H and O–H groups in total. The Morgan fingerprint density at radius 1 is 0.846 bits per heavy atom. The summed E-state index contributed by atoms with van der Waals surface area (Å²) >= 11 is 3.42.